The van der Waals surface area contributed by atoms with Crippen molar-refractivity contribution in [1.82, 2.24) is 4.90 Å². The number of hydrogen-bond acceptors (Lipinski definition) is 9. The summed E-state index contributed by atoms with van der Waals surface area (Å²) < 4.78 is 10.5. The van der Waals surface area contributed by atoms with E-state index in [1.54, 1.807) is 13.8 Å². The number of nitrogens with zero attached hydrogens (tertiary/aromatic N) is 1. The number of likely N-dealkylation sites (tertiary alicyclic amines) is 1. The Morgan fingerprint density at radius 1 is 1.06 bits per heavy atom. The number of ketones is 1. The van der Waals surface area contributed by atoms with Crippen molar-refractivity contribution in [2.24, 2.45) is 5.73 Å². The number of carboxylic acid groups (broad SMARTS) is 1. The quantitative estimate of drug-likeness (QED) is 0.189. The van der Waals surface area contributed by atoms with Crippen LogP contribution in [-0.4, -0.2) is 82.1 Å². The highest BCUT2D eigenvalue weighted by atomic mass is 32.2. The molecule has 10 heteroatoms. The van der Waals surface area contributed by atoms with Gasteiger partial charge in [0.1, 0.15) is 11.3 Å². The summed E-state index contributed by atoms with van der Waals surface area (Å²) in [6.07, 6.45) is 5.08. The first-order valence-corrected chi connectivity index (χ1v) is 13.0. The van der Waals surface area contributed by atoms with E-state index in [2.05, 4.69) is 6.92 Å². The molecule has 9 nitrogen and oxygen atoms in total. The van der Waals surface area contributed by atoms with E-state index in [0.29, 0.717) is 12.8 Å². The van der Waals surface area contributed by atoms with Crippen LogP contribution in [0.25, 0.3) is 0 Å². The van der Waals surface area contributed by atoms with Gasteiger partial charge in [-0.1, -0.05) is 32.6 Å². The minimum atomic E-state index is -1.88. The van der Waals surface area contributed by atoms with Crippen molar-refractivity contribution in [2.45, 2.75) is 95.5 Å². The standard InChI is InChI=1S/C23H40N2O7S/c1-5-8-9-10-12-18(21(28)32-7-3)33-15-17(20(27)31-6-2)25-14-11-13-23(25,22(29)30)19(26)16(4)24/h16-18H,5-15,24H2,1-4H3,(H,29,30)/t16?,17-,18?,23?/m0/s1. The molecule has 190 valence electrons. The molecule has 0 aromatic carbocycles. The molecule has 1 aliphatic rings. The van der Waals surface area contributed by atoms with E-state index in [1.165, 1.54) is 23.6 Å². The van der Waals surface area contributed by atoms with Crippen molar-refractivity contribution in [3.8, 4) is 0 Å². The molecular weight excluding hydrogens is 448 g/mol. The molecule has 0 aliphatic carbocycles. The molecule has 0 radical (unpaired) electrons. The number of nitrogens with two attached hydrogens (primary N) is 1. The number of ether oxygens (including phenoxy) is 2. The fraction of sp³-hybridized carbons (Fsp3) is 0.826. The molecule has 4 atom stereocenters. The highest BCUT2D eigenvalue weighted by Gasteiger charge is 2.57. The largest absolute Gasteiger partial charge is 0.480 e. The fourth-order valence-electron chi connectivity index (χ4n) is 4.23. The van der Waals surface area contributed by atoms with E-state index >= 15 is 0 Å². The summed E-state index contributed by atoms with van der Waals surface area (Å²) in [6, 6.07) is -1.99. The lowest BCUT2D eigenvalue weighted by Gasteiger charge is -2.38. The molecule has 33 heavy (non-hydrogen) atoms. The molecule has 1 rings (SSSR count). The van der Waals surface area contributed by atoms with Crippen molar-refractivity contribution >= 4 is 35.5 Å². The van der Waals surface area contributed by atoms with Gasteiger partial charge < -0.3 is 20.3 Å². The molecule has 1 saturated heterocycles. The van der Waals surface area contributed by atoms with E-state index in [9.17, 15) is 24.3 Å². The summed E-state index contributed by atoms with van der Waals surface area (Å²) in [6.45, 7) is 7.58. The van der Waals surface area contributed by atoms with E-state index in [4.69, 9.17) is 15.2 Å². The summed E-state index contributed by atoms with van der Waals surface area (Å²) in [5, 5.41) is 9.58. The Morgan fingerprint density at radius 3 is 2.24 bits per heavy atom. The monoisotopic (exact) mass is 488 g/mol. The minimum absolute atomic E-state index is 0.0710. The average molecular weight is 489 g/mol. The number of carbonyl (C=O) groups is 4. The van der Waals surface area contributed by atoms with Gasteiger partial charge in [0.2, 0.25) is 0 Å². The van der Waals surface area contributed by atoms with Crippen LogP contribution < -0.4 is 5.73 Å². The smallest absolute Gasteiger partial charge is 0.332 e. The second-order valence-corrected chi connectivity index (χ2v) is 9.54. The zero-order chi connectivity index (χ0) is 25.0. The van der Waals surface area contributed by atoms with Gasteiger partial charge in [0.05, 0.1) is 19.3 Å². The maximum Gasteiger partial charge on any atom is 0.332 e. The summed E-state index contributed by atoms with van der Waals surface area (Å²) in [5.74, 6) is -2.80. The predicted molar refractivity (Wildman–Crippen MR) is 127 cm³/mol. The molecule has 0 spiro atoms. The Hall–Kier alpha value is -1.65. The van der Waals surface area contributed by atoms with Crippen LogP contribution in [0, 0.1) is 0 Å². The van der Waals surface area contributed by atoms with Gasteiger partial charge in [-0.15, -0.1) is 11.8 Å². The fourth-order valence-corrected chi connectivity index (χ4v) is 5.50. The third-order valence-corrected chi connectivity index (χ3v) is 7.20. The van der Waals surface area contributed by atoms with Crippen LogP contribution in [0.1, 0.15) is 72.6 Å². The van der Waals surface area contributed by atoms with Gasteiger partial charge in [0.25, 0.3) is 0 Å². The van der Waals surface area contributed by atoms with Crippen LogP contribution in [-0.2, 0) is 28.7 Å². The van der Waals surface area contributed by atoms with Crippen LogP contribution in [0.15, 0.2) is 0 Å². The molecule has 0 aromatic heterocycles. The van der Waals surface area contributed by atoms with Gasteiger partial charge in [-0.25, -0.2) is 4.79 Å². The van der Waals surface area contributed by atoms with Gasteiger partial charge >= 0.3 is 17.9 Å². The summed E-state index contributed by atoms with van der Waals surface area (Å²) in [7, 11) is 0. The number of unbranched alkanes of at least 4 members (excludes halogenated alkanes) is 3. The average Bonchev–Trinajstić information content (AvgIpc) is 3.20. The van der Waals surface area contributed by atoms with Crippen LogP contribution in [0.5, 0.6) is 0 Å². The van der Waals surface area contributed by atoms with Gasteiger partial charge in [-0.2, -0.15) is 0 Å². The predicted octanol–water partition coefficient (Wildman–Crippen LogP) is 2.39. The number of aliphatic carboxylic acids is 1. The van der Waals surface area contributed by atoms with Crippen LogP contribution in [0.2, 0.25) is 0 Å². The topological polar surface area (TPSA) is 136 Å². The number of carbonyl (C=O) groups excluding carboxylic acids is 3. The number of thioether (sulfide) groups is 1. The van der Waals surface area contributed by atoms with Crippen LogP contribution >= 0.6 is 11.8 Å². The molecule has 3 N–H and O–H groups in total. The third-order valence-electron chi connectivity index (χ3n) is 5.86. The van der Waals surface area contributed by atoms with Crippen molar-refractivity contribution in [3.63, 3.8) is 0 Å². The zero-order valence-electron chi connectivity index (χ0n) is 20.3. The maximum absolute atomic E-state index is 13.0. The number of carboxylic acids is 1. The minimum Gasteiger partial charge on any atom is -0.480 e. The van der Waals surface area contributed by atoms with E-state index in [0.717, 1.165) is 25.7 Å². The second-order valence-electron chi connectivity index (χ2n) is 8.31. The molecule has 1 fully saturated rings. The molecule has 3 unspecified atom stereocenters. The molecule has 0 aromatic rings. The summed E-state index contributed by atoms with van der Waals surface area (Å²) >= 11 is 1.26. The van der Waals surface area contributed by atoms with Crippen molar-refractivity contribution in [1.29, 1.82) is 0 Å². The molecule has 0 amide bonds. The Kier molecular flexibility index (Phi) is 13.0. The van der Waals surface area contributed by atoms with Crippen molar-refractivity contribution < 1.29 is 33.8 Å². The van der Waals surface area contributed by atoms with Crippen LogP contribution in [0.3, 0.4) is 0 Å². The van der Waals surface area contributed by atoms with Crippen molar-refractivity contribution in [3.05, 3.63) is 0 Å². The Balaban J connectivity index is 3.17. The number of Topliss-reactive ketones (excluding diaryl/α,β-unsaturated/α-hetero) is 1. The lowest BCUT2D eigenvalue weighted by Crippen LogP contribution is -2.65. The normalized spacial score (nSPS) is 21.2. The lowest BCUT2D eigenvalue weighted by molar-refractivity contribution is -0.162. The van der Waals surface area contributed by atoms with Crippen molar-refractivity contribution in [2.75, 3.05) is 25.5 Å². The molecule has 1 heterocycles. The third kappa shape index (κ3) is 7.68. The molecule has 0 bridgehead atoms. The van der Waals surface area contributed by atoms with Crippen LogP contribution in [0.4, 0.5) is 0 Å². The van der Waals surface area contributed by atoms with E-state index in [-0.39, 0.29) is 37.9 Å². The number of hydrogen-bond donors (Lipinski definition) is 2. The summed E-state index contributed by atoms with van der Waals surface area (Å²) in [4.78, 5) is 52.2. The van der Waals surface area contributed by atoms with E-state index < -0.39 is 40.6 Å². The zero-order valence-corrected chi connectivity index (χ0v) is 21.2. The summed E-state index contributed by atoms with van der Waals surface area (Å²) in [5.41, 5.74) is 3.91. The molecule has 0 saturated carbocycles. The highest BCUT2D eigenvalue weighted by Crippen LogP contribution is 2.35. The lowest BCUT2D eigenvalue weighted by atomic mass is 9.86. The first-order chi connectivity index (χ1) is 15.7. The molecule has 1 aliphatic heterocycles. The Morgan fingerprint density at radius 2 is 1.70 bits per heavy atom. The number of esters is 2. The second kappa shape index (κ2) is 14.6. The molecular formula is C23H40N2O7S. The number of rotatable bonds is 16. The SMILES string of the molecule is CCCCCCC(SC[C@@H](C(=O)OCC)N1CCCC1(C(=O)O)C(=O)C(C)N)C(=O)OCC. The maximum atomic E-state index is 13.0. The van der Waals surface area contributed by atoms with Gasteiger partial charge in [0.15, 0.2) is 11.3 Å². The first-order valence-electron chi connectivity index (χ1n) is 11.9. The van der Waals surface area contributed by atoms with Gasteiger partial charge in [0, 0.05) is 12.3 Å². The highest BCUT2D eigenvalue weighted by molar-refractivity contribution is 8.00. The Labute approximate surface area is 201 Å². The Bertz CT molecular complexity index is 673. The van der Waals surface area contributed by atoms with E-state index in [1.807, 2.05) is 0 Å². The first kappa shape index (κ1) is 29.4. The van der Waals surface area contributed by atoms with Gasteiger partial charge in [-0.05, 0) is 40.0 Å². The van der Waals surface area contributed by atoms with Gasteiger partial charge in [-0.3, -0.25) is 19.3 Å².